The quantitative estimate of drug-likeness (QED) is 0.312. The van der Waals surface area contributed by atoms with E-state index in [0.717, 1.165) is 19.4 Å². The van der Waals surface area contributed by atoms with E-state index < -0.39 is 76.7 Å². The standard InChI is InChI=1S/C32H47NO11/c1-10-29-13-33-25-22-23(39-8)24(29)31(25,20(38-7)11-14(29)2)19-12-30(43-17(5)36)26(41-15(3)34)21(19)32(22,44-18(6)37)28(27(30)40-9)42-16(4)35/h14,19-28,33H,10-13H2,1-9H3/t14-,19-,20+,21-,22+,23+,24-,25?,26-,27+,28+,29-,30-,31+,32-/m1/s1. The molecule has 5 saturated carbocycles. The molecule has 44 heavy (non-hydrogen) atoms. The molecule has 0 aromatic carbocycles. The van der Waals surface area contributed by atoms with Crippen LogP contribution in [0.25, 0.3) is 0 Å². The summed E-state index contributed by atoms with van der Waals surface area (Å²) in [5, 5.41) is 3.92. The molecule has 1 heterocycles. The van der Waals surface area contributed by atoms with Crippen LogP contribution in [0.15, 0.2) is 0 Å². The Hall–Kier alpha value is -2.28. The number of methoxy groups -OCH3 is 3. The van der Waals surface area contributed by atoms with Crippen molar-refractivity contribution in [1.82, 2.24) is 5.32 Å². The Morgan fingerprint density at radius 2 is 1.43 bits per heavy atom. The minimum Gasteiger partial charge on any atom is -0.458 e. The van der Waals surface area contributed by atoms with Gasteiger partial charge in [0.1, 0.15) is 6.10 Å². The molecule has 15 atom stereocenters. The van der Waals surface area contributed by atoms with Gasteiger partial charge in [-0.1, -0.05) is 13.8 Å². The van der Waals surface area contributed by atoms with Crippen LogP contribution in [-0.2, 0) is 52.3 Å². The molecule has 6 fully saturated rings. The first-order valence-corrected chi connectivity index (χ1v) is 15.8. The van der Waals surface area contributed by atoms with Crippen molar-refractivity contribution in [3.63, 3.8) is 0 Å². The van der Waals surface area contributed by atoms with Gasteiger partial charge in [-0.3, -0.25) is 19.2 Å². The number of nitrogens with one attached hydrogen (secondary N) is 1. The van der Waals surface area contributed by atoms with E-state index in [-0.39, 0.29) is 41.7 Å². The lowest BCUT2D eigenvalue weighted by Crippen LogP contribution is -2.81. The van der Waals surface area contributed by atoms with E-state index in [9.17, 15) is 19.2 Å². The number of hydrogen-bond acceptors (Lipinski definition) is 12. The molecule has 1 aliphatic heterocycles. The molecule has 6 aliphatic rings. The Kier molecular flexibility index (Phi) is 7.47. The Morgan fingerprint density at radius 3 is 1.95 bits per heavy atom. The summed E-state index contributed by atoms with van der Waals surface area (Å²) < 4.78 is 44.3. The smallest absolute Gasteiger partial charge is 0.303 e. The third-order valence-corrected chi connectivity index (χ3v) is 12.9. The summed E-state index contributed by atoms with van der Waals surface area (Å²) in [6.07, 6.45) is -2.17. The molecule has 1 unspecified atom stereocenters. The third-order valence-electron chi connectivity index (χ3n) is 12.9. The zero-order valence-corrected chi connectivity index (χ0v) is 27.2. The van der Waals surface area contributed by atoms with Gasteiger partial charge < -0.3 is 38.5 Å². The molecule has 12 heteroatoms. The van der Waals surface area contributed by atoms with Gasteiger partial charge in [0.2, 0.25) is 0 Å². The summed E-state index contributed by atoms with van der Waals surface area (Å²) in [7, 11) is 4.85. The van der Waals surface area contributed by atoms with Gasteiger partial charge in [0.25, 0.3) is 0 Å². The summed E-state index contributed by atoms with van der Waals surface area (Å²) in [6, 6.07) is -0.282. The van der Waals surface area contributed by atoms with E-state index in [4.69, 9.17) is 33.2 Å². The molecule has 5 aliphatic carbocycles. The molecule has 246 valence electrons. The van der Waals surface area contributed by atoms with Crippen LogP contribution in [0.2, 0.25) is 0 Å². The maximum Gasteiger partial charge on any atom is 0.303 e. The van der Waals surface area contributed by atoms with Crippen molar-refractivity contribution >= 4 is 23.9 Å². The predicted octanol–water partition coefficient (Wildman–Crippen LogP) is 1.80. The van der Waals surface area contributed by atoms with Crippen LogP contribution in [0.4, 0.5) is 0 Å². The maximum absolute atomic E-state index is 13.3. The van der Waals surface area contributed by atoms with Gasteiger partial charge >= 0.3 is 23.9 Å². The normalized spacial score (nSPS) is 50.9. The van der Waals surface area contributed by atoms with Crippen molar-refractivity contribution in [3.8, 4) is 0 Å². The SMILES string of the molecule is CC[C@]12CNC3[C@@H]4[C@H](OC)[C@H]1[C@@]3([C@@H](OC)C[C@H]2C)[C@@H]1C[C@@]2(OC(C)=O)[C@H](OC(C)=O)[C@@H]1[C@]4(OC(C)=O)[C@@H](OC(C)=O)[C@@H]2OC. The van der Waals surface area contributed by atoms with Crippen molar-refractivity contribution in [1.29, 1.82) is 0 Å². The Balaban J connectivity index is 1.75. The highest BCUT2D eigenvalue weighted by molar-refractivity contribution is 5.71. The second-order valence-electron chi connectivity index (χ2n) is 14.1. The van der Waals surface area contributed by atoms with E-state index in [0.29, 0.717) is 0 Å². The molecule has 0 aromatic rings. The summed E-state index contributed by atoms with van der Waals surface area (Å²) in [5.41, 5.74) is -3.87. The summed E-state index contributed by atoms with van der Waals surface area (Å²) in [6.45, 7) is 10.4. The predicted molar refractivity (Wildman–Crippen MR) is 152 cm³/mol. The first kappa shape index (κ1) is 31.7. The second-order valence-corrected chi connectivity index (χ2v) is 14.1. The zero-order chi connectivity index (χ0) is 32.1. The van der Waals surface area contributed by atoms with Gasteiger partial charge in [0.05, 0.1) is 12.2 Å². The van der Waals surface area contributed by atoms with E-state index >= 15 is 0 Å². The van der Waals surface area contributed by atoms with Crippen LogP contribution in [0.5, 0.6) is 0 Å². The van der Waals surface area contributed by atoms with Crippen molar-refractivity contribution in [2.24, 2.45) is 40.4 Å². The number of hydrogen-bond donors (Lipinski definition) is 1. The van der Waals surface area contributed by atoms with Gasteiger partial charge in [-0.05, 0) is 36.5 Å². The second kappa shape index (κ2) is 10.4. The Labute approximate surface area is 258 Å². The lowest BCUT2D eigenvalue weighted by atomic mass is 9.41. The van der Waals surface area contributed by atoms with E-state index in [1.807, 2.05) is 0 Å². The first-order valence-electron chi connectivity index (χ1n) is 15.8. The van der Waals surface area contributed by atoms with Gasteiger partial charge in [0.15, 0.2) is 23.4 Å². The minimum absolute atomic E-state index is 0.0527. The van der Waals surface area contributed by atoms with Gasteiger partial charge in [-0.2, -0.15) is 0 Å². The molecular formula is C32H47NO11. The van der Waals surface area contributed by atoms with Crippen molar-refractivity contribution in [3.05, 3.63) is 0 Å². The molecule has 0 radical (unpaired) electrons. The van der Waals surface area contributed by atoms with Gasteiger partial charge in [0, 0.05) is 84.8 Å². The highest BCUT2D eigenvalue weighted by atomic mass is 16.6. The fourth-order valence-electron chi connectivity index (χ4n) is 12.2. The average Bonchev–Trinajstić information content (AvgIpc) is 3.29. The molecule has 0 aromatic heterocycles. The number of esters is 4. The monoisotopic (exact) mass is 621 g/mol. The van der Waals surface area contributed by atoms with Crippen LogP contribution in [0, 0.1) is 40.4 Å². The summed E-state index contributed by atoms with van der Waals surface area (Å²) in [5.74, 6) is -3.80. The number of fused-ring (bicyclic) bond motifs is 2. The fraction of sp³-hybridized carbons (Fsp3) is 0.875. The third kappa shape index (κ3) is 3.54. The molecule has 1 spiro atoms. The van der Waals surface area contributed by atoms with Gasteiger partial charge in [-0.15, -0.1) is 0 Å². The largest absolute Gasteiger partial charge is 0.458 e. The fourth-order valence-corrected chi connectivity index (χ4v) is 12.2. The lowest BCUT2D eigenvalue weighted by molar-refractivity contribution is -0.315. The highest BCUT2D eigenvalue weighted by Crippen LogP contribution is 2.80. The van der Waals surface area contributed by atoms with Crippen LogP contribution >= 0.6 is 0 Å². The van der Waals surface area contributed by atoms with E-state index in [2.05, 4.69) is 19.2 Å². The first-order chi connectivity index (χ1) is 20.8. The maximum atomic E-state index is 13.3. The zero-order valence-electron chi connectivity index (χ0n) is 27.2. The van der Waals surface area contributed by atoms with Crippen molar-refractivity contribution in [2.45, 2.75) is 109 Å². The van der Waals surface area contributed by atoms with E-state index in [1.165, 1.54) is 34.8 Å². The van der Waals surface area contributed by atoms with Crippen LogP contribution in [-0.4, -0.2) is 99.5 Å². The number of carbonyl (C=O) groups is 4. The van der Waals surface area contributed by atoms with Crippen LogP contribution in [0.3, 0.4) is 0 Å². The average molecular weight is 622 g/mol. The molecule has 1 saturated heterocycles. The lowest BCUT2D eigenvalue weighted by Gasteiger charge is -2.69. The van der Waals surface area contributed by atoms with Crippen molar-refractivity contribution < 1.29 is 52.3 Å². The molecule has 7 bridgehead atoms. The van der Waals surface area contributed by atoms with E-state index in [1.54, 1.807) is 14.2 Å². The van der Waals surface area contributed by atoms with Crippen molar-refractivity contribution in [2.75, 3.05) is 27.9 Å². The Morgan fingerprint density at radius 1 is 0.795 bits per heavy atom. The van der Waals surface area contributed by atoms with Gasteiger partial charge in [-0.25, -0.2) is 0 Å². The summed E-state index contributed by atoms with van der Waals surface area (Å²) in [4.78, 5) is 52.0. The van der Waals surface area contributed by atoms with Crippen LogP contribution in [0.1, 0.15) is 60.8 Å². The number of ether oxygens (including phenoxy) is 7. The number of rotatable bonds is 8. The Bertz CT molecular complexity index is 1240. The molecular weight excluding hydrogens is 574 g/mol. The topological polar surface area (TPSA) is 145 Å². The summed E-state index contributed by atoms with van der Waals surface area (Å²) >= 11 is 0. The highest BCUT2D eigenvalue weighted by Gasteiger charge is 2.92. The molecule has 1 N–H and O–H groups in total. The molecule has 6 rings (SSSR count). The number of piperidine rings is 1. The molecule has 12 nitrogen and oxygen atoms in total. The minimum atomic E-state index is -1.56. The number of carbonyl (C=O) groups excluding carboxylic acids is 4. The van der Waals surface area contributed by atoms with Crippen LogP contribution < -0.4 is 5.32 Å². The molecule has 0 amide bonds.